The van der Waals surface area contributed by atoms with Gasteiger partial charge in [0.25, 0.3) is 0 Å². The van der Waals surface area contributed by atoms with E-state index in [0.717, 1.165) is 9.13 Å². The van der Waals surface area contributed by atoms with Crippen LogP contribution in [0.1, 0.15) is 13.8 Å². The number of hydrogen-bond donors (Lipinski definition) is 3. The van der Waals surface area contributed by atoms with E-state index in [1.54, 1.807) is 24.5 Å². The van der Waals surface area contributed by atoms with Crippen LogP contribution >= 0.6 is 22.6 Å². The van der Waals surface area contributed by atoms with Gasteiger partial charge in [-0.2, -0.15) is 4.98 Å². The largest absolute Gasteiger partial charge is 0.394 e. The van der Waals surface area contributed by atoms with Crippen LogP contribution in [-0.2, 0) is 0 Å². The molecule has 0 fully saturated rings. The van der Waals surface area contributed by atoms with E-state index in [0.29, 0.717) is 23.1 Å². The van der Waals surface area contributed by atoms with Crippen LogP contribution in [0.2, 0.25) is 0 Å². The van der Waals surface area contributed by atoms with Gasteiger partial charge in [-0.1, -0.05) is 13.8 Å². The summed E-state index contributed by atoms with van der Waals surface area (Å²) in [7, 11) is 0. The van der Waals surface area contributed by atoms with Gasteiger partial charge in [0.05, 0.1) is 24.0 Å². The second-order valence-corrected chi connectivity index (χ2v) is 7.87. The molecular weight excluding hydrogens is 472 g/mol. The van der Waals surface area contributed by atoms with E-state index in [-0.39, 0.29) is 24.4 Å². The molecule has 1 atom stereocenters. The standard InChI is InChI=1S/C20H21FIN5O/c1-12(2)18(11-28)26-20-25-17(13-5-7-23-8-6-13)10-19(27-20)24-16-4-3-14(22)9-15(16)21/h3-10,12,18,28H,11H2,1-2H3,(H2,24,25,26,27)/t18-/m0/s1. The third kappa shape index (κ3) is 5.14. The Labute approximate surface area is 176 Å². The predicted octanol–water partition coefficient (Wildman–Crippen LogP) is 4.45. The zero-order valence-electron chi connectivity index (χ0n) is 15.5. The first-order chi connectivity index (χ1) is 13.5. The van der Waals surface area contributed by atoms with Crippen LogP contribution in [0.3, 0.4) is 0 Å². The molecule has 1 aromatic carbocycles. The molecule has 0 saturated carbocycles. The highest BCUT2D eigenvalue weighted by atomic mass is 127. The molecule has 0 aliphatic carbocycles. The van der Waals surface area contributed by atoms with Gasteiger partial charge in [-0.25, -0.2) is 9.37 Å². The molecule has 0 aliphatic heterocycles. The number of rotatable bonds is 7. The van der Waals surface area contributed by atoms with Crippen molar-refractivity contribution in [2.75, 3.05) is 17.2 Å². The Morgan fingerprint density at radius 1 is 1.11 bits per heavy atom. The summed E-state index contributed by atoms with van der Waals surface area (Å²) in [6, 6.07) is 10.2. The lowest BCUT2D eigenvalue weighted by molar-refractivity contribution is 0.248. The summed E-state index contributed by atoms with van der Waals surface area (Å²) >= 11 is 2.06. The maximum Gasteiger partial charge on any atom is 0.225 e. The van der Waals surface area contributed by atoms with Gasteiger partial charge in [0.2, 0.25) is 5.95 Å². The molecule has 3 rings (SSSR count). The highest BCUT2D eigenvalue weighted by molar-refractivity contribution is 14.1. The van der Waals surface area contributed by atoms with Crippen LogP contribution in [0, 0.1) is 15.3 Å². The highest BCUT2D eigenvalue weighted by Crippen LogP contribution is 2.26. The van der Waals surface area contributed by atoms with E-state index >= 15 is 0 Å². The minimum Gasteiger partial charge on any atom is -0.394 e. The summed E-state index contributed by atoms with van der Waals surface area (Å²) in [6.45, 7) is 3.95. The fourth-order valence-corrected chi connectivity index (χ4v) is 3.02. The number of pyridine rings is 1. The Morgan fingerprint density at radius 2 is 1.86 bits per heavy atom. The Hall–Kier alpha value is -2.33. The molecule has 3 N–H and O–H groups in total. The molecule has 0 saturated heterocycles. The Bertz CT molecular complexity index is 939. The van der Waals surface area contributed by atoms with E-state index < -0.39 is 0 Å². The minimum atomic E-state index is -0.360. The minimum absolute atomic E-state index is 0.0466. The zero-order chi connectivity index (χ0) is 20.1. The van der Waals surface area contributed by atoms with Crippen molar-refractivity contribution in [1.29, 1.82) is 0 Å². The van der Waals surface area contributed by atoms with Crippen molar-refractivity contribution in [1.82, 2.24) is 15.0 Å². The Kier molecular flexibility index (Phi) is 6.74. The number of nitrogens with zero attached hydrogens (tertiary/aromatic N) is 3. The van der Waals surface area contributed by atoms with E-state index in [9.17, 15) is 9.50 Å². The molecule has 6 nitrogen and oxygen atoms in total. The average molecular weight is 493 g/mol. The van der Waals surface area contributed by atoms with Gasteiger partial charge >= 0.3 is 0 Å². The Balaban J connectivity index is 1.99. The number of anilines is 3. The van der Waals surface area contributed by atoms with Crippen LogP contribution in [-0.4, -0.2) is 32.7 Å². The highest BCUT2D eigenvalue weighted by Gasteiger charge is 2.15. The number of aliphatic hydroxyl groups is 1. The van der Waals surface area contributed by atoms with E-state index in [1.165, 1.54) is 6.07 Å². The fourth-order valence-electron chi connectivity index (χ4n) is 2.56. The van der Waals surface area contributed by atoms with Gasteiger partial charge in [0.15, 0.2) is 0 Å². The molecule has 8 heteroatoms. The van der Waals surface area contributed by atoms with E-state index in [4.69, 9.17) is 0 Å². The number of nitrogens with one attached hydrogen (secondary N) is 2. The molecule has 0 amide bonds. The van der Waals surface area contributed by atoms with Gasteiger partial charge in [0.1, 0.15) is 11.6 Å². The van der Waals surface area contributed by atoms with Gasteiger partial charge in [0, 0.05) is 27.6 Å². The van der Waals surface area contributed by atoms with Crippen LogP contribution in [0.5, 0.6) is 0 Å². The maximum absolute atomic E-state index is 14.3. The van der Waals surface area contributed by atoms with Crippen molar-refractivity contribution in [2.45, 2.75) is 19.9 Å². The molecule has 2 heterocycles. The summed E-state index contributed by atoms with van der Waals surface area (Å²) in [5, 5.41) is 15.8. The lowest BCUT2D eigenvalue weighted by Crippen LogP contribution is -2.30. The van der Waals surface area contributed by atoms with Crippen molar-refractivity contribution in [3.8, 4) is 11.3 Å². The average Bonchev–Trinajstić information content (AvgIpc) is 2.68. The monoisotopic (exact) mass is 493 g/mol. The lowest BCUT2D eigenvalue weighted by Gasteiger charge is -2.20. The fraction of sp³-hybridized carbons (Fsp3) is 0.250. The second kappa shape index (κ2) is 9.24. The lowest BCUT2D eigenvalue weighted by atomic mass is 10.1. The van der Waals surface area contributed by atoms with Gasteiger partial charge < -0.3 is 15.7 Å². The molecule has 0 radical (unpaired) electrons. The van der Waals surface area contributed by atoms with Crippen molar-refractivity contribution in [3.63, 3.8) is 0 Å². The molecule has 0 spiro atoms. The number of hydrogen-bond acceptors (Lipinski definition) is 6. The second-order valence-electron chi connectivity index (χ2n) is 6.62. The number of aliphatic hydroxyl groups excluding tert-OH is 1. The molecule has 28 heavy (non-hydrogen) atoms. The van der Waals surface area contributed by atoms with Gasteiger partial charge in [-0.05, 0) is 58.8 Å². The number of aromatic nitrogens is 3. The van der Waals surface area contributed by atoms with Crippen molar-refractivity contribution >= 4 is 40.0 Å². The molecular formula is C20H21FIN5O. The third-order valence-corrected chi connectivity index (χ3v) is 4.88. The molecule has 146 valence electrons. The topological polar surface area (TPSA) is 83.0 Å². The SMILES string of the molecule is CC(C)[C@H](CO)Nc1nc(Nc2ccc(I)cc2F)cc(-c2ccncc2)n1. The first kappa shape index (κ1) is 20.4. The summed E-state index contributed by atoms with van der Waals surface area (Å²) in [6.07, 6.45) is 3.36. The Morgan fingerprint density at radius 3 is 2.50 bits per heavy atom. The molecule has 0 unspecified atom stereocenters. The predicted molar refractivity (Wildman–Crippen MR) is 117 cm³/mol. The smallest absolute Gasteiger partial charge is 0.225 e. The van der Waals surface area contributed by atoms with Crippen molar-refractivity contribution in [2.24, 2.45) is 5.92 Å². The van der Waals surface area contributed by atoms with Gasteiger partial charge in [-0.15, -0.1) is 0 Å². The first-order valence-electron chi connectivity index (χ1n) is 8.85. The molecule has 2 aromatic heterocycles. The maximum atomic E-state index is 14.3. The van der Waals surface area contributed by atoms with Gasteiger partial charge in [-0.3, -0.25) is 4.98 Å². The van der Waals surface area contributed by atoms with Crippen LogP contribution in [0.25, 0.3) is 11.3 Å². The van der Waals surface area contributed by atoms with Crippen LogP contribution in [0.15, 0.2) is 48.8 Å². The van der Waals surface area contributed by atoms with E-state index in [1.807, 2.05) is 32.0 Å². The van der Waals surface area contributed by atoms with Crippen molar-refractivity contribution in [3.05, 3.63) is 58.2 Å². The number of halogens is 2. The normalized spacial score (nSPS) is 12.1. The van der Waals surface area contributed by atoms with E-state index in [2.05, 4.69) is 48.2 Å². The molecule has 3 aromatic rings. The quantitative estimate of drug-likeness (QED) is 0.422. The third-order valence-electron chi connectivity index (χ3n) is 4.21. The first-order valence-corrected chi connectivity index (χ1v) is 9.93. The summed E-state index contributed by atoms with van der Waals surface area (Å²) in [5.74, 6) is 0.629. The van der Waals surface area contributed by atoms with Crippen LogP contribution in [0.4, 0.5) is 21.8 Å². The molecule has 0 bridgehead atoms. The zero-order valence-corrected chi connectivity index (χ0v) is 17.7. The summed E-state index contributed by atoms with van der Waals surface area (Å²) in [4.78, 5) is 13.0. The van der Waals surface area contributed by atoms with Crippen LogP contribution < -0.4 is 10.6 Å². The van der Waals surface area contributed by atoms with Crippen molar-refractivity contribution < 1.29 is 9.50 Å². The number of benzene rings is 1. The molecule has 0 aliphatic rings. The summed E-state index contributed by atoms with van der Waals surface area (Å²) in [5.41, 5.74) is 1.85. The summed E-state index contributed by atoms with van der Waals surface area (Å²) < 4.78 is 15.1.